The number of carbonyl (C=O) groups is 2. The van der Waals surface area contributed by atoms with Gasteiger partial charge in [-0.15, -0.1) is 0 Å². The maximum atomic E-state index is 14.0. The standard InChI is InChI=1S/C29H31F4N5O3/c1-18-7-5-6-8-23(18)35-25-24(36-26(39)19-13-20(29(31,32)33)15-21(30)14-19)16-22(17-34-25)37-9-11-38(12-10-37)27(40)41-28(2,3)4/h5-8,13-17H,9-12H2,1-4H3,(H,34,35)(H,36,39). The van der Waals surface area contributed by atoms with Crippen LogP contribution in [0, 0.1) is 12.7 Å². The predicted molar refractivity (Wildman–Crippen MR) is 148 cm³/mol. The van der Waals surface area contributed by atoms with E-state index in [2.05, 4.69) is 15.6 Å². The Kier molecular flexibility index (Phi) is 8.41. The molecule has 1 aliphatic rings. The molecule has 3 aromatic rings. The van der Waals surface area contributed by atoms with Crippen molar-refractivity contribution in [3.05, 3.63) is 77.2 Å². The molecule has 0 bridgehead atoms. The Morgan fingerprint density at radius 2 is 1.63 bits per heavy atom. The van der Waals surface area contributed by atoms with Gasteiger partial charge in [0.1, 0.15) is 11.4 Å². The summed E-state index contributed by atoms with van der Waals surface area (Å²) in [4.78, 5) is 33.6. The third-order valence-corrected chi connectivity index (χ3v) is 6.30. The Hall–Kier alpha value is -4.35. The first kappa shape index (κ1) is 29.6. The Balaban J connectivity index is 1.60. The predicted octanol–water partition coefficient (Wildman–Crippen LogP) is 6.60. The molecule has 41 heavy (non-hydrogen) atoms. The first-order chi connectivity index (χ1) is 19.2. The molecular formula is C29H31F4N5O3. The highest BCUT2D eigenvalue weighted by molar-refractivity contribution is 6.06. The maximum absolute atomic E-state index is 14.0. The van der Waals surface area contributed by atoms with Crippen LogP contribution in [0.4, 0.5) is 45.2 Å². The molecule has 0 aliphatic carbocycles. The SMILES string of the molecule is Cc1ccccc1Nc1ncc(N2CCN(C(=O)OC(C)(C)C)CC2)cc1NC(=O)c1cc(F)cc(C(F)(F)F)c1. The van der Waals surface area contributed by atoms with Crippen molar-refractivity contribution >= 4 is 34.9 Å². The summed E-state index contributed by atoms with van der Waals surface area (Å²) in [6.45, 7) is 8.96. The molecule has 2 amide bonds. The minimum atomic E-state index is -4.82. The van der Waals surface area contributed by atoms with Crippen LogP contribution >= 0.6 is 0 Å². The first-order valence-electron chi connectivity index (χ1n) is 12.9. The van der Waals surface area contributed by atoms with Crippen molar-refractivity contribution in [2.75, 3.05) is 41.7 Å². The van der Waals surface area contributed by atoms with Crippen molar-refractivity contribution in [1.82, 2.24) is 9.88 Å². The number of nitrogens with one attached hydrogen (secondary N) is 2. The number of ether oxygens (including phenoxy) is 1. The van der Waals surface area contributed by atoms with Crippen LogP contribution < -0.4 is 15.5 Å². The summed E-state index contributed by atoms with van der Waals surface area (Å²) >= 11 is 0. The number of hydrogen-bond donors (Lipinski definition) is 2. The quantitative estimate of drug-likeness (QED) is 0.335. The van der Waals surface area contributed by atoms with E-state index >= 15 is 0 Å². The van der Waals surface area contributed by atoms with Gasteiger partial charge in [0.05, 0.1) is 23.1 Å². The van der Waals surface area contributed by atoms with Gasteiger partial charge >= 0.3 is 12.3 Å². The van der Waals surface area contributed by atoms with E-state index in [4.69, 9.17) is 4.74 Å². The molecule has 1 aliphatic heterocycles. The number of benzene rings is 2. The number of anilines is 4. The number of aromatic nitrogens is 1. The zero-order valence-corrected chi connectivity index (χ0v) is 23.1. The van der Waals surface area contributed by atoms with Crippen LogP contribution in [-0.4, -0.2) is 53.7 Å². The molecule has 12 heteroatoms. The normalized spacial score (nSPS) is 14.0. The molecule has 0 unspecified atom stereocenters. The molecule has 0 spiro atoms. The highest BCUT2D eigenvalue weighted by Gasteiger charge is 2.32. The van der Waals surface area contributed by atoms with Gasteiger partial charge in [0.15, 0.2) is 5.82 Å². The summed E-state index contributed by atoms with van der Waals surface area (Å²) in [6.07, 6.45) is -3.63. The van der Waals surface area contributed by atoms with Gasteiger partial charge in [-0.25, -0.2) is 14.2 Å². The van der Waals surface area contributed by atoms with Gasteiger partial charge in [-0.1, -0.05) is 18.2 Å². The molecule has 1 fully saturated rings. The summed E-state index contributed by atoms with van der Waals surface area (Å²) in [5.74, 6) is -1.87. The van der Waals surface area contributed by atoms with Crippen molar-refractivity contribution in [3.63, 3.8) is 0 Å². The van der Waals surface area contributed by atoms with Crippen LogP contribution in [0.5, 0.6) is 0 Å². The lowest BCUT2D eigenvalue weighted by molar-refractivity contribution is -0.137. The molecular weight excluding hydrogens is 542 g/mol. The molecule has 0 atom stereocenters. The average molecular weight is 574 g/mol. The second-order valence-corrected chi connectivity index (χ2v) is 10.7. The number of amides is 2. The summed E-state index contributed by atoms with van der Waals surface area (Å²) in [7, 11) is 0. The molecule has 2 heterocycles. The average Bonchev–Trinajstić information content (AvgIpc) is 2.89. The minimum absolute atomic E-state index is 0.183. The van der Waals surface area contributed by atoms with Gasteiger partial charge in [0.2, 0.25) is 0 Å². The monoisotopic (exact) mass is 573 g/mol. The minimum Gasteiger partial charge on any atom is -0.444 e. The lowest BCUT2D eigenvalue weighted by atomic mass is 10.1. The van der Waals surface area contributed by atoms with E-state index in [9.17, 15) is 27.2 Å². The van der Waals surface area contributed by atoms with Gasteiger partial charge in [-0.3, -0.25) is 4.79 Å². The third kappa shape index (κ3) is 7.65. The largest absolute Gasteiger partial charge is 0.444 e. The Labute approximate surface area is 235 Å². The Bertz CT molecular complexity index is 1430. The molecule has 218 valence electrons. The number of carbonyl (C=O) groups excluding carboxylic acids is 2. The van der Waals surface area contributed by atoms with Gasteiger partial charge < -0.3 is 25.2 Å². The molecule has 2 N–H and O–H groups in total. The third-order valence-electron chi connectivity index (χ3n) is 6.30. The van der Waals surface area contributed by atoms with Crippen molar-refractivity contribution in [1.29, 1.82) is 0 Å². The fourth-order valence-corrected chi connectivity index (χ4v) is 4.21. The van der Waals surface area contributed by atoms with Crippen molar-refractivity contribution in [2.24, 2.45) is 0 Å². The van der Waals surface area contributed by atoms with E-state index in [1.165, 1.54) is 0 Å². The molecule has 1 aromatic heterocycles. The van der Waals surface area contributed by atoms with Gasteiger partial charge in [0, 0.05) is 37.4 Å². The zero-order chi connectivity index (χ0) is 29.9. The Morgan fingerprint density at radius 1 is 0.951 bits per heavy atom. The van der Waals surface area contributed by atoms with E-state index < -0.39 is 40.7 Å². The zero-order valence-electron chi connectivity index (χ0n) is 23.1. The van der Waals surface area contributed by atoms with Crippen molar-refractivity contribution in [2.45, 2.75) is 39.5 Å². The topological polar surface area (TPSA) is 86.8 Å². The number of rotatable bonds is 5. The second kappa shape index (κ2) is 11.6. The fourth-order valence-electron chi connectivity index (χ4n) is 4.21. The van der Waals surface area contributed by atoms with Crippen LogP contribution in [-0.2, 0) is 10.9 Å². The Morgan fingerprint density at radius 3 is 2.27 bits per heavy atom. The van der Waals surface area contributed by atoms with E-state index in [0.717, 1.165) is 11.6 Å². The number of piperazine rings is 1. The van der Waals surface area contributed by atoms with E-state index in [1.807, 2.05) is 36.1 Å². The number of para-hydroxylation sites is 1. The van der Waals surface area contributed by atoms with Gasteiger partial charge in [-0.05, 0) is 63.6 Å². The summed E-state index contributed by atoms with van der Waals surface area (Å²) in [5, 5.41) is 5.75. The van der Waals surface area contributed by atoms with Crippen LogP contribution in [0.1, 0.15) is 42.3 Å². The highest BCUT2D eigenvalue weighted by Crippen LogP contribution is 2.32. The van der Waals surface area contributed by atoms with E-state index in [1.54, 1.807) is 37.9 Å². The molecule has 0 saturated carbocycles. The van der Waals surface area contributed by atoms with Gasteiger partial charge in [-0.2, -0.15) is 13.2 Å². The molecule has 8 nitrogen and oxygen atoms in total. The van der Waals surface area contributed by atoms with Crippen LogP contribution in [0.25, 0.3) is 0 Å². The van der Waals surface area contributed by atoms with E-state index in [0.29, 0.717) is 49.7 Å². The second-order valence-electron chi connectivity index (χ2n) is 10.7. The van der Waals surface area contributed by atoms with Crippen LogP contribution in [0.2, 0.25) is 0 Å². The number of halogens is 4. The maximum Gasteiger partial charge on any atom is 0.416 e. The number of nitrogens with zero attached hydrogens (tertiary/aromatic N) is 3. The van der Waals surface area contributed by atoms with Gasteiger partial charge in [0.25, 0.3) is 5.91 Å². The number of pyridine rings is 1. The first-order valence-corrected chi connectivity index (χ1v) is 12.9. The van der Waals surface area contributed by atoms with Crippen molar-refractivity contribution in [3.8, 4) is 0 Å². The molecule has 4 rings (SSSR count). The van der Waals surface area contributed by atoms with Crippen LogP contribution in [0.3, 0.4) is 0 Å². The number of aryl methyl sites for hydroxylation is 1. The number of hydrogen-bond acceptors (Lipinski definition) is 6. The fraction of sp³-hybridized carbons (Fsp3) is 0.345. The lowest BCUT2D eigenvalue weighted by Gasteiger charge is -2.36. The van der Waals surface area contributed by atoms with E-state index in [-0.39, 0.29) is 11.5 Å². The molecule has 2 aromatic carbocycles. The highest BCUT2D eigenvalue weighted by atomic mass is 19.4. The summed E-state index contributed by atoms with van der Waals surface area (Å²) < 4.78 is 59.2. The summed E-state index contributed by atoms with van der Waals surface area (Å²) in [5.41, 5.74) is 0.0329. The molecule has 0 radical (unpaired) electrons. The summed E-state index contributed by atoms with van der Waals surface area (Å²) in [6, 6.07) is 10.7. The lowest BCUT2D eigenvalue weighted by Crippen LogP contribution is -2.50. The van der Waals surface area contributed by atoms with Crippen molar-refractivity contribution < 1.29 is 31.9 Å². The smallest absolute Gasteiger partial charge is 0.416 e. The number of alkyl halides is 3. The van der Waals surface area contributed by atoms with Crippen LogP contribution in [0.15, 0.2) is 54.7 Å². The molecule has 1 saturated heterocycles.